The average Bonchev–Trinajstić information content (AvgIpc) is 2.99. The Hall–Kier alpha value is -0.615. The Kier molecular flexibility index (Phi) is 2.96. The molecule has 0 aliphatic heterocycles. The van der Waals surface area contributed by atoms with Crippen molar-refractivity contribution in [1.82, 2.24) is 0 Å². The highest BCUT2D eigenvalue weighted by Gasteiger charge is 2.64. The Morgan fingerprint density at radius 2 is 1.75 bits per heavy atom. The van der Waals surface area contributed by atoms with Crippen molar-refractivity contribution in [2.75, 3.05) is 0 Å². The van der Waals surface area contributed by atoms with E-state index in [-0.39, 0.29) is 12.8 Å². The van der Waals surface area contributed by atoms with Crippen molar-refractivity contribution < 1.29 is 17.3 Å². The van der Waals surface area contributed by atoms with Gasteiger partial charge in [-0.05, 0) is 31.3 Å². The van der Waals surface area contributed by atoms with Gasteiger partial charge in [-0.1, -0.05) is 29.7 Å². The van der Waals surface area contributed by atoms with E-state index in [4.69, 9.17) is 0 Å². The lowest BCUT2D eigenvalue weighted by atomic mass is 9.85. The molecule has 0 saturated heterocycles. The first-order valence-corrected chi connectivity index (χ1v) is 5.17. The zero-order valence-electron chi connectivity index (χ0n) is 8.29. The number of halogens is 3. The van der Waals surface area contributed by atoms with Crippen molar-refractivity contribution in [3.05, 3.63) is 29.8 Å². The van der Waals surface area contributed by atoms with Gasteiger partial charge in [0.1, 0.15) is 0 Å². The zero-order chi connectivity index (χ0) is 11.8. The molecule has 16 heavy (non-hydrogen) atoms. The van der Waals surface area contributed by atoms with E-state index in [0.29, 0.717) is 11.0 Å². The van der Waals surface area contributed by atoms with Gasteiger partial charge >= 0.3 is 13.7 Å². The molecule has 1 aliphatic rings. The van der Waals surface area contributed by atoms with Crippen LogP contribution in [-0.2, 0) is 9.52 Å². The predicted octanol–water partition coefficient (Wildman–Crippen LogP) is 2.39. The van der Waals surface area contributed by atoms with Crippen LogP contribution < -0.4 is 5.46 Å². The molecule has 1 aromatic rings. The van der Waals surface area contributed by atoms with E-state index in [2.05, 4.69) is 17.0 Å². The van der Waals surface area contributed by atoms with Gasteiger partial charge in [0.25, 0.3) is 0 Å². The molecule has 1 aliphatic carbocycles. The second kappa shape index (κ2) is 4.00. The Labute approximate surface area is 97.9 Å². The SMILES string of the molecule is FC(F)(F)C1(c2ccc([B]OS)cc2)CC1. The van der Waals surface area contributed by atoms with Crippen LogP contribution in [0.15, 0.2) is 24.3 Å². The molecule has 1 saturated carbocycles. The summed E-state index contributed by atoms with van der Waals surface area (Å²) in [5.74, 6) is 0. The molecule has 0 heterocycles. The van der Waals surface area contributed by atoms with E-state index in [9.17, 15) is 13.2 Å². The van der Waals surface area contributed by atoms with E-state index >= 15 is 0 Å². The lowest BCUT2D eigenvalue weighted by Gasteiger charge is -2.19. The fourth-order valence-corrected chi connectivity index (χ4v) is 1.92. The summed E-state index contributed by atoms with van der Waals surface area (Å²) in [6.07, 6.45) is -3.79. The highest BCUT2D eigenvalue weighted by molar-refractivity contribution is 7.76. The molecule has 1 fully saturated rings. The van der Waals surface area contributed by atoms with Crippen LogP contribution >= 0.6 is 12.9 Å². The highest BCUT2D eigenvalue weighted by atomic mass is 32.1. The fourth-order valence-electron chi connectivity index (χ4n) is 1.80. The molecule has 85 valence electrons. The average molecular weight is 245 g/mol. The van der Waals surface area contributed by atoms with Crippen molar-refractivity contribution in [3.8, 4) is 0 Å². The molecule has 0 spiro atoms. The molecular formula is C10H9BF3OS. The number of hydrogen-bond acceptors (Lipinski definition) is 2. The minimum atomic E-state index is -4.15. The molecule has 2 rings (SSSR count). The topological polar surface area (TPSA) is 9.23 Å². The van der Waals surface area contributed by atoms with Crippen molar-refractivity contribution in [2.24, 2.45) is 0 Å². The molecule has 0 aromatic heterocycles. The summed E-state index contributed by atoms with van der Waals surface area (Å²) in [6.45, 7) is 0. The number of hydrogen-bond donors (Lipinski definition) is 1. The van der Waals surface area contributed by atoms with Gasteiger partial charge in [-0.3, -0.25) is 0 Å². The van der Waals surface area contributed by atoms with Crippen LogP contribution in [0.2, 0.25) is 0 Å². The van der Waals surface area contributed by atoms with Gasteiger partial charge < -0.3 is 4.10 Å². The van der Waals surface area contributed by atoms with Gasteiger partial charge in [0.05, 0.1) is 5.41 Å². The monoisotopic (exact) mass is 245 g/mol. The number of thiol groups is 1. The Balaban J connectivity index is 2.22. The maximum absolute atomic E-state index is 12.8. The van der Waals surface area contributed by atoms with Crippen LogP contribution in [0.3, 0.4) is 0 Å². The van der Waals surface area contributed by atoms with E-state index in [1.165, 1.54) is 19.6 Å². The quantitative estimate of drug-likeness (QED) is 0.488. The maximum atomic E-state index is 12.8. The van der Waals surface area contributed by atoms with E-state index < -0.39 is 11.6 Å². The molecular weight excluding hydrogens is 236 g/mol. The Morgan fingerprint density at radius 1 is 1.19 bits per heavy atom. The first-order valence-electron chi connectivity index (χ1n) is 4.80. The maximum Gasteiger partial charge on any atom is 0.398 e. The summed E-state index contributed by atoms with van der Waals surface area (Å²) >= 11 is 3.54. The zero-order valence-corrected chi connectivity index (χ0v) is 9.18. The summed E-state index contributed by atoms with van der Waals surface area (Å²) in [5, 5.41) is 0. The molecule has 0 unspecified atom stereocenters. The van der Waals surface area contributed by atoms with Crippen LogP contribution in [0.4, 0.5) is 13.2 Å². The minimum Gasteiger partial charge on any atom is -0.378 e. The lowest BCUT2D eigenvalue weighted by Crippen LogP contribution is -2.29. The smallest absolute Gasteiger partial charge is 0.378 e. The molecule has 0 N–H and O–H groups in total. The third-order valence-corrected chi connectivity index (χ3v) is 3.05. The molecule has 1 aromatic carbocycles. The van der Waals surface area contributed by atoms with Crippen molar-refractivity contribution in [2.45, 2.75) is 24.4 Å². The van der Waals surface area contributed by atoms with E-state index in [0.717, 1.165) is 0 Å². The molecule has 0 amide bonds. The summed E-state index contributed by atoms with van der Waals surface area (Å²) in [4.78, 5) is 0. The van der Waals surface area contributed by atoms with Gasteiger partial charge in [-0.25, -0.2) is 0 Å². The van der Waals surface area contributed by atoms with E-state index in [1.54, 1.807) is 12.1 Å². The Bertz CT molecular complexity index is 373. The van der Waals surface area contributed by atoms with Crippen LogP contribution in [0, 0.1) is 0 Å². The molecule has 0 bridgehead atoms. The predicted molar refractivity (Wildman–Crippen MR) is 58.9 cm³/mol. The summed E-state index contributed by atoms with van der Waals surface area (Å²) in [7, 11) is 1.36. The summed E-state index contributed by atoms with van der Waals surface area (Å²) in [5.41, 5.74) is -0.582. The summed E-state index contributed by atoms with van der Waals surface area (Å²) in [6, 6.07) is 6.19. The van der Waals surface area contributed by atoms with E-state index in [1.807, 2.05) is 0 Å². The molecule has 1 radical (unpaired) electrons. The van der Waals surface area contributed by atoms with Gasteiger partial charge in [-0.2, -0.15) is 13.2 Å². The lowest BCUT2D eigenvalue weighted by molar-refractivity contribution is -0.160. The first-order chi connectivity index (χ1) is 7.49. The molecule has 0 atom stereocenters. The number of rotatable bonds is 3. The fraction of sp³-hybridized carbons (Fsp3) is 0.400. The van der Waals surface area contributed by atoms with Gasteiger partial charge in [-0.15, -0.1) is 0 Å². The number of alkyl halides is 3. The standard InChI is InChI=1S/C10H9BF3OS/c12-10(13,14)9(5-6-9)7-1-3-8(4-2-7)11-15-16/h1-4,16H,5-6H2. The van der Waals surface area contributed by atoms with Crippen LogP contribution in [-0.4, -0.2) is 13.7 Å². The van der Waals surface area contributed by atoms with Gasteiger partial charge in [0.2, 0.25) is 0 Å². The second-order valence-corrected chi connectivity index (χ2v) is 4.14. The third-order valence-electron chi connectivity index (χ3n) is 2.94. The number of benzene rings is 1. The molecule has 1 nitrogen and oxygen atoms in total. The van der Waals surface area contributed by atoms with Gasteiger partial charge in [0, 0.05) is 0 Å². The second-order valence-electron chi connectivity index (χ2n) is 3.93. The van der Waals surface area contributed by atoms with Crippen LogP contribution in [0.5, 0.6) is 0 Å². The minimum absolute atomic E-state index is 0.183. The highest BCUT2D eigenvalue weighted by Crippen LogP contribution is 2.58. The van der Waals surface area contributed by atoms with Crippen molar-refractivity contribution in [3.63, 3.8) is 0 Å². The Morgan fingerprint density at radius 3 is 2.12 bits per heavy atom. The third kappa shape index (κ3) is 1.96. The first kappa shape index (κ1) is 11.9. The van der Waals surface area contributed by atoms with Crippen molar-refractivity contribution in [1.29, 1.82) is 0 Å². The van der Waals surface area contributed by atoms with Gasteiger partial charge in [0.15, 0.2) is 0 Å². The van der Waals surface area contributed by atoms with Crippen LogP contribution in [0.1, 0.15) is 18.4 Å². The largest absolute Gasteiger partial charge is 0.398 e. The van der Waals surface area contributed by atoms with Crippen LogP contribution in [0.25, 0.3) is 0 Å². The summed E-state index contributed by atoms with van der Waals surface area (Å²) < 4.78 is 42.8. The normalized spacial score (nSPS) is 18.2. The molecule has 6 heteroatoms. The van der Waals surface area contributed by atoms with Crippen molar-refractivity contribution >= 4 is 25.9 Å².